The van der Waals surface area contributed by atoms with Gasteiger partial charge in [-0.05, 0) is 36.2 Å². The SMILES string of the molecule is O=C(CNc1ccc(F)c(F)c1)NCCc1ccc(Cl)cc1Cl. The zero-order valence-electron chi connectivity index (χ0n) is 12.0. The van der Waals surface area contributed by atoms with Crippen molar-refractivity contribution in [2.75, 3.05) is 18.4 Å². The number of halogens is 4. The third kappa shape index (κ3) is 5.37. The summed E-state index contributed by atoms with van der Waals surface area (Å²) in [5, 5.41) is 6.53. The molecule has 0 saturated heterocycles. The number of carbonyl (C=O) groups excluding carboxylic acids is 1. The first kappa shape index (κ1) is 17.5. The largest absolute Gasteiger partial charge is 0.376 e. The maximum Gasteiger partial charge on any atom is 0.239 e. The maximum atomic E-state index is 13.0. The zero-order valence-corrected chi connectivity index (χ0v) is 13.5. The van der Waals surface area contributed by atoms with Crippen LogP contribution in [0.4, 0.5) is 14.5 Å². The smallest absolute Gasteiger partial charge is 0.239 e. The number of carbonyl (C=O) groups is 1. The maximum absolute atomic E-state index is 13.0. The number of anilines is 1. The molecule has 0 aliphatic rings. The Balaban J connectivity index is 1.75. The molecular formula is C16H14Cl2F2N2O. The van der Waals surface area contributed by atoms with Crippen LogP contribution in [0, 0.1) is 11.6 Å². The highest BCUT2D eigenvalue weighted by molar-refractivity contribution is 6.35. The van der Waals surface area contributed by atoms with Crippen molar-refractivity contribution in [3.63, 3.8) is 0 Å². The molecule has 0 atom stereocenters. The minimum atomic E-state index is -0.965. The van der Waals surface area contributed by atoms with Gasteiger partial charge in [0.05, 0.1) is 6.54 Å². The van der Waals surface area contributed by atoms with Crippen LogP contribution < -0.4 is 10.6 Å². The summed E-state index contributed by atoms with van der Waals surface area (Å²) in [6.45, 7) is 0.360. The summed E-state index contributed by atoms with van der Waals surface area (Å²) < 4.78 is 25.8. The molecule has 122 valence electrons. The third-order valence-corrected chi connectivity index (χ3v) is 3.69. The fraction of sp³-hybridized carbons (Fsp3) is 0.188. The van der Waals surface area contributed by atoms with Gasteiger partial charge in [0.25, 0.3) is 0 Å². The number of hydrogen-bond donors (Lipinski definition) is 2. The lowest BCUT2D eigenvalue weighted by atomic mass is 10.1. The van der Waals surface area contributed by atoms with Crippen LogP contribution in [0.5, 0.6) is 0 Å². The van der Waals surface area contributed by atoms with E-state index in [1.165, 1.54) is 6.07 Å². The molecule has 0 unspecified atom stereocenters. The number of nitrogens with one attached hydrogen (secondary N) is 2. The Hall–Kier alpha value is -1.85. The van der Waals surface area contributed by atoms with Crippen molar-refractivity contribution in [1.82, 2.24) is 5.32 Å². The van der Waals surface area contributed by atoms with Crippen LogP contribution in [0.3, 0.4) is 0 Å². The zero-order chi connectivity index (χ0) is 16.8. The summed E-state index contributed by atoms with van der Waals surface area (Å²) >= 11 is 11.8. The van der Waals surface area contributed by atoms with Crippen molar-refractivity contribution in [2.24, 2.45) is 0 Å². The van der Waals surface area contributed by atoms with Crippen molar-refractivity contribution < 1.29 is 13.6 Å². The molecule has 0 heterocycles. The Kier molecular flexibility index (Phi) is 6.19. The first-order chi connectivity index (χ1) is 11.0. The van der Waals surface area contributed by atoms with Crippen LogP contribution in [0.15, 0.2) is 36.4 Å². The lowest BCUT2D eigenvalue weighted by Gasteiger charge is -2.09. The average Bonchev–Trinajstić information content (AvgIpc) is 2.50. The lowest BCUT2D eigenvalue weighted by molar-refractivity contribution is -0.119. The predicted octanol–water partition coefficient (Wildman–Crippen LogP) is 4.04. The van der Waals surface area contributed by atoms with Gasteiger partial charge < -0.3 is 10.6 Å². The van der Waals surface area contributed by atoms with Crippen LogP contribution in [-0.2, 0) is 11.2 Å². The van der Waals surface area contributed by atoms with Crippen LogP contribution in [0.1, 0.15) is 5.56 Å². The van der Waals surface area contributed by atoms with Gasteiger partial charge in [0.2, 0.25) is 5.91 Å². The Morgan fingerprint density at radius 2 is 1.83 bits per heavy atom. The summed E-state index contributed by atoms with van der Waals surface area (Å²) in [6, 6.07) is 8.53. The number of benzene rings is 2. The molecule has 0 saturated carbocycles. The van der Waals surface area contributed by atoms with E-state index in [0.29, 0.717) is 28.7 Å². The fourth-order valence-electron chi connectivity index (χ4n) is 1.91. The van der Waals surface area contributed by atoms with E-state index in [0.717, 1.165) is 17.7 Å². The summed E-state index contributed by atoms with van der Waals surface area (Å²) in [7, 11) is 0. The lowest BCUT2D eigenvalue weighted by Crippen LogP contribution is -2.31. The summed E-state index contributed by atoms with van der Waals surface area (Å²) in [5.74, 6) is -2.16. The summed E-state index contributed by atoms with van der Waals surface area (Å²) in [4.78, 5) is 11.7. The molecule has 2 aromatic rings. The van der Waals surface area contributed by atoms with Gasteiger partial charge in [-0.2, -0.15) is 0 Å². The second-order valence-corrected chi connectivity index (χ2v) is 5.66. The average molecular weight is 359 g/mol. The van der Waals surface area contributed by atoms with E-state index in [2.05, 4.69) is 10.6 Å². The molecule has 0 aromatic heterocycles. The van der Waals surface area contributed by atoms with Crippen LogP contribution in [-0.4, -0.2) is 19.0 Å². The molecule has 0 aliphatic carbocycles. The predicted molar refractivity (Wildman–Crippen MR) is 88.0 cm³/mol. The first-order valence-electron chi connectivity index (χ1n) is 6.85. The third-order valence-electron chi connectivity index (χ3n) is 3.10. The first-order valence-corrected chi connectivity index (χ1v) is 7.61. The minimum Gasteiger partial charge on any atom is -0.376 e. The Morgan fingerprint density at radius 3 is 2.52 bits per heavy atom. The van der Waals surface area contributed by atoms with E-state index in [9.17, 15) is 13.6 Å². The van der Waals surface area contributed by atoms with Gasteiger partial charge in [-0.25, -0.2) is 8.78 Å². The topological polar surface area (TPSA) is 41.1 Å². The van der Waals surface area contributed by atoms with Gasteiger partial charge in [-0.1, -0.05) is 29.3 Å². The molecule has 3 nitrogen and oxygen atoms in total. The molecule has 0 bridgehead atoms. The second kappa shape index (κ2) is 8.13. The second-order valence-electron chi connectivity index (χ2n) is 4.82. The van der Waals surface area contributed by atoms with Gasteiger partial charge in [0.15, 0.2) is 11.6 Å². The number of rotatable bonds is 6. The van der Waals surface area contributed by atoms with Gasteiger partial charge in [-0.3, -0.25) is 4.79 Å². The number of hydrogen-bond acceptors (Lipinski definition) is 2. The molecule has 1 amide bonds. The highest BCUT2D eigenvalue weighted by atomic mass is 35.5. The van der Waals surface area contributed by atoms with E-state index in [1.54, 1.807) is 18.2 Å². The van der Waals surface area contributed by atoms with Crippen molar-refractivity contribution in [1.29, 1.82) is 0 Å². The van der Waals surface area contributed by atoms with Crippen molar-refractivity contribution in [3.05, 3.63) is 63.6 Å². The molecule has 0 spiro atoms. The van der Waals surface area contributed by atoms with E-state index in [-0.39, 0.29) is 12.5 Å². The van der Waals surface area contributed by atoms with E-state index in [1.807, 2.05) is 0 Å². The van der Waals surface area contributed by atoms with Gasteiger partial charge in [-0.15, -0.1) is 0 Å². The minimum absolute atomic E-state index is 0.0422. The highest BCUT2D eigenvalue weighted by Crippen LogP contribution is 2.21. The quantitative estimate of drug-likeness (QED) is 0.817. The normalized spacial score (nSPS) is 10.4. The molecule has 2 aromatic carbocycles. The molecular weight excluding hydrogens is 345 g/mol. The fourth-order valence-corrected chi connectivity index (χ4v) is 2.41. The van der Waals surface area contributed by atoms with Gasteiger partial charge in [0, 0.05) is 28.3 Å². The molecule has 23 heavy (non-hydrogen) atoms. The summed E-state index contributed by atoms with van der Waals surface area (Å²) in [5.41, 5.74) is 1.21. The van der Waals surface area contributed by atoms with Crippen molar-refractivity contribution >= 4 is 34.8 Å². The summed E-state index contributed by atoms with van der Waals surface area (Å²) in [6.07, 6.45) is 0.562. The number of amides is 1. The molecule has 0 aliphatic heterocycles. The molecule has 2 rings (SSSR count). The Bertz CT molecular complexity index is 710. The molecule has 0 fully saturated rings. The van der Waals surface area contributed by atoms with Gasteiger partial charge >= 0.3 is 0 Å². The van der Waals surface area contributed by atoms with E-state index < -0.39 is 11.6 Å². The Morgan fingerprint density at radius 1 is 1.04 bits per heavy atom. The monoisotopic (exact) mass is 358 g/mol. The van der Waals surface area contributed by atoms with Crippen LogP contribution in [0.25, 0.3) is 0 Å². The van der Waals surface area contributed by atoms with Crippen LogP contribution in [0.2, 0.25) is 10.0 Å². The molecule has 0 radical (unpaired) electrons. The van der Waals surface area contributed by atoms with Crippen molar-refractivity contribution in [3.8, 4) is 0 Å². The Labute approximate surface area is 142 Å². The van der Waals surface area contributed by atoms with Crippen molar-refractivity contribution in [2.45, 2.75) is 6.42 Å². The van der Waals surface area contributed by atoms with E-state index in [4.69, 9.17) is 23.2 Å². The van der Waals surface area contributed by atoms with E-state index >= 15 is 0 Å². The standard InChI is InChI=1S/C16H14Cl2F2N2O/c17-11-2-1-10(13(18)7-11)5-6-21-16(23)9-22-12-3-4-14(19)15(20)8-12/h1-4,7-8,22H,5-6,9H2,(H,21,23). The molecule has 7 heteroatoms. The molecule has 2 N–H and O–H groups in total. The van der Waals surface area contributed by atoms with Gasteiger partial charge in [0.1, 0.15) is 0 Å². The van der Waals surface area contributed by atoms with Crippen LogP contribution >= 0.6 is 23.2 Å². The highest BCUT2D eigenvalue weighted by Gasteiger charge is 2.06.